The summed E-state index contributed by atoms with van der Waals surface area (Å²) in [5, 5.41) is 13.2. The van der Waals surface area contributed by atoms with E-state index in [4.69, 9.17) is 4.74 Å². The molecule has 0 aromatic heterocycles. The summed E-state index contributed by atoms with van der Waals surface area (Å²) in [5.41, 5.74) is 0. The first-order valence-electron chi connectivity index (χ1n) is 8.08. The summed E-state index contributed by atoms with van der Waals surface area (Å²) in [5.74, 6) is 1.57. The van der Waals surface area contributed by atoms with Crippen LogP contribution < -0.4 is 5.32 Å². The van der Waals surface area contributed by atoms with Crippen LogP contribution in [0.3, 0.4) is 0 Å². The minimum Gasteiger partial charge on any atom is -0.389 e. The second-order valence-electron chi connectivity index (χ2n) is 6.57. The molecule has 3 nitrogen and oxygen atoms in total. The summed E-state index contributed by atoms with van der Waals surface area (Å²) in [4.78, 5) is 0. The topological polar surface area (TPSA) is 41.5 Å². The van der Waals surface area contributed by atoms with Gasteiger partial charge in [0.05, 0.1) is 18.8 Å². The summed E-state index contributed by atoms with van der Waals surface area (Å²) in [6.45, 7) is 8.61. The highest BCUT2D eigenvalue weighted by Crippen LogP contribution is 2.26. The van der Waals surface area contributed by atoms with Crippen molar-refractivity contribution >= 4 is 0 Å². The Morgan fingerprint density at radius 2 is 1.89 bits per heavy atom. The van der Waals surface area contributed by atoms with Crippen LogP contribution in [0.25, 0.3) is 0 Å². The first kappa shape index (κ1) is 16.9. The third-order valence-electron chi connectivity index (χ3n) is 3.96. The van der Waals surface area contributed by atoms with Gasteiger partial charge >= 0.3 is 0 Å². The Morgan fingerprint density at radius 3 is 2.53 bits per heavy atom. The Balaban J connectivity index is 1.93. The number of hydrogen-bond acceptors (Lipinski definition) is 3. The van der Waals surface area contributed by atoms with Crippen molar-refractivity contribution < 1.29 is 9.84 Å². The summed E-state index contributed by atoms with van der Waals surface area (Å²) in [6, 6.07) is 0. The fourth-order valence-electron chi connectivity index (χ4n) is 2.94. The Morgan fingerprint density at radius 1 is 1.21 bits per heavy atom. The van der Waals surface area contributed by atoms with Crippen LogP contribution in [0.4, 0.5) is 0 Å². The molecule has 1 rings (SSSR count). The molecule has 0 aromatic carbocycles. The van der Waals surface area contributed by atoms with E-state index in [0.717, 1.165) is 18.9 Å². The maximum atomic E-state index is 9.84. The van der Waals surface area contributed by atoms with Gasteiger partial charge in [-0.1, -0.05) is 39.5 Å². The molecular formula is C16H33NO2. The number of nitrogens with one attached hydrogen (secondary N) is 1. The van der Waals surface area contributed by atoms with Crippen molar-refractivity contribution in [3.63, 3.8) is 0 Å². The van der Waals surface area contributed by atoms with Crippen molar-refractivity contribution in [2.45, 2.75) is 71.5 Å². The molecule has 0 amide bonds. The Labute approximate surface area is 119 Å². The predicted molar refractivity (Wildman–Crippen MR) is 80.3 cm³/mol. The summed E-state index contributed by atoms with van der Waals surface area (Å²) < 4.78 is 5.66. The SMILES string of the molecule is CC(C)CC(C)OCC(O)CNCCC1CCCC1. The van der Waals surface area contributed by atoms with Gasteiger partial charge in [-0.3, -0.25) is 0 Å². The van der Waals surface area contributed by atoms with E-state index in [9.17, 15) is 5.11 Å². The number of aliphatic hydroxyl groups excluding tert-OH is 1. The quantitative estimate of drug-likeness (QED) is 0.600. The van der Waals surface area contributed by atoms with Crippen molar-refractivity contribution in [3.8, 4) is 0 Å². The van der Waals surface area contributed by atoms with Gasteiger partial charge in [0, 0.05) is 6.54 Å². The second-order valence-corrected chi connectivity index (χ2v) is 6.57. The summed E-state index contributed by atoms with van der Waals surface area (Å²) >= 11 is 0. The van der Waals surface area contributed by atoms with Crippen LogP contribution in [0, 0.1) is 11.8 Å². The first-order valence-corrected chi connectivity index (χ1v) is 8.08. The smallest absolute Gasteiger partial charge is 0.0897 e. The van der Waals surface area contributed by atoms with E-state index in [1.807, 2.05) is 0 Å². The molecule has 0 bridgehead atoms. The van der Waals surface area contributed by atoms with Gasteiger partial charge in [-0.2, -0.15) is 0 Å². The average molecular weight is 271 g/mol. The van der Waals surface area contributed by atoms with Crippen LogP contribution in [-0.2, 0) is 4.74 Å². The van der Waals surface area contributed by atoms with Crippen molar-refractivity contribution in [1.82, 2.24) is 5.32 Å². The third-order valence-corrected chi connectivity index (χ3v) is 3.96. The number of hydrogen-bond donors (Lipinski definition) is 2. The van der Waals surface area contributed by atoms with Gasteiger partial charge in [-0.05, 0) is 38.1 Å². The van der Waals surface area contributed by atoms with Crippen molar-refractivity contribution in [3.05, 3.63) is 0 Å². The van der Waals surface area contributed by atoms with Gasteiger partial charge in [0.1, 0.15) is 0 Å². The van der Waals surface area contributed by atoms with Gasteiger partial charge in [0.2, 0.25) is 0 Å². The van der Waals surface area contributed by atoms with E-state index in [2.05, 4.69) is 26.1 Å². The molecule has 0 heterocycles. The minimum atomic E-state index is -0.377. The Kier molecular flexibility index (Phi) is 8.67. The maximum absolute atomic E-state index is 9.84. The molecule has 1 aliphatic rings. The molecule has 2 unspecified atom stereocenters. The van der Waals surface area contributed by atoms with Gasteiger partial charge in [0.25, 0.3) is 0 Å². The van der Waals surface area contributed by atoms with Gasteiger partial charge in [-0.25, -0.2) is 0 Å². The first-order chi connectivity index (χ1) is 9.08. The van der Waals surface area contributed by atoms with Crippen LogP contribution in [0.2, 0.25) is 0 Å². The molecule has 0 radical (unpaired) electrons. The lowest BCUT2D eigenvalue weighted by molar-refractivity contribution is -0.00849. The number of ether oxygens (including phenoxy) is 1. The molecular weight excluding hydrogens is 238 g/mol. The molecule has 1 aliphatic carbocycles. The van der Waals surface area contributed by atoms with Crippen molar-refractivity contribution in [2.24, 2.45) is 11.8 Å². The lowest BCUT2D eigenvalue weighted by atomic mass is 10.0. The summed E-state index contributed by atoms with van der Waals surface area (Å²) in [6.07, 6.45) is 7.81. The highest BCUT2D eigenvalue weighted by atomic mass is 16.5. The van der Waals surface area contributed by atoms with Crippen LogP contribution in [0.15, 0.2) is 0 Å². The molecule has 0 aromatic rings. The molecule has 3 heteroatoms. The fraction of sp³-hybridized carbons (Fsp3) is 1.00. The lowest BCUT2D eigenvalue weighted by Crippen LogP contribution is -2.32. The third kappa shape index (κ3) is 8.61. The zero-order chi connectivity index (χ0) is 14.1. The monoisotopic (exact) mass is 271 g/mol. The molecule has 0 spiro atoms. The zero-order valence-electron chi connectivity index (χ0n) is 13.0. The molecule has 1 fully saturated rings. The van der Waals surface area contributed by atoms with E-state index in [-0.39, 0.29) is 12.2 Å². The van der Waals surface area contributed by atoms with E-state index >= 15 is 0 Å². The van der Waals surface area contributed by atoms with Gasteiger partial charge < -0.3 is 15.2 Å². The van der Waals surface area contributed by atoms with Crippen LogP contribution >= 0.6 is 0 Å². The van der Waals surface area contributed by atoms with Crippen molar-refractivity contribution in [1.29, 1.82) is 0 Å². The highest BCUT2D eigenvalue weighted by molar-refractivity contribution is 4.69. The Bertz CT molecular complexity index is 215. The zero-order valence-corrected chi connectivity index (χ0v) is 13.0. The minimum absolute atomic E-state index is 0.244. The lowest BCUT2D eigenvalue weighted by Gasteiger charge is -2.18. The Hall–Kier alpha value is -0.120. The van der Waals surface area contributed by atoms with Gasteiger partial charge in [0.15, 0.2) is 0 Å². The number of rotatable bonds is 10. The number of aliphatic hydroxyl groups is 1. The van der Waals surface area contributed by atoms with Gasteiger partial charge in [-0.15, -0.1) is 0 Å². The molecule has 0 aliphatic heterocycles. The summed E-state index contributed by atoms with van der Waals surface area (Å²) in [7, 11) is 0. The maximum Gasteiger partial charge on any atom is 0.0897 e. The fourth-order valence-corrected chi connectivity index (χ4v) is 2.94. The molecule has 2 N–H and O–H groups in total. The highest BCUT2D eigenvalue weighted by Gasteiger charge is 2.14. The largest absolute Gasteiger partial charge is 0.389 e. The van der Waals surface area contributed by atoms with E-state index in [1.54, 1.807) is 0 Å². The average Bonchev–Trinajstić information content (AvgIpc) is 2.84. The van der Waals surface area contributed by atoms with E-state index in [0.29, 0.717) is 19.1 Å². The molecule has 1 saturated carbocycles. The van der Waals surface area contributed by atoms with Crippen LogP contribution in [0.1, 0.15) is 59.3 Å². The molecule has 19 heavy (non-hydrogen) atoms. The van der Waals surface area contributed by atoms with Crippen LogP contribution in [-0.4, -0.2) is 37.0 Å². The molecule has 114 valence electrons. The standard InChI is InChI=1S/C16H33NO2/c1-13(2)10-14(3)19-12-16(18)11-17-9-8-15-6-4-5-7-15/h13-18H,4-12H2,1-3H3. The second kappa shape index (κ2) is 9.73. The van der Waals surface area contributed by atoms with Crippen LogP contribution in [0.5, 0.6) is 0 Å². The normalized spacial score (nSPS) is 20.1. The molecule has 0 saturated heterocycles. The van der Waals surface area contributed by atoms with E-state index < -0.39 is 0 Å². The molecule has 2 atom stereocenters. The van der Waals surface area contributed by atoms with Crippen molar-refractivity contribution in [2.75, 3.05) is 19.7 Å². The van der Waals surface area contributed by atoms with E-state index in [1.165, 1.54) is 32.1 Å². The predicted octanol–water partition coefficient (Wildman–Crippen LogP) is 2.97.